The fourth-order valence-corrected chi connectivity index (χ4v) is 15.3. The number of hydrogen-bond donors (Lipinski definition) is 9. The zero-order valence-corrected chi connectivity index (χ0v) is 47.0. The normalized spacial score (nSPS) is 22.6. The third kappa shape index (κ3) is 13.2. The number of amides is 6. The Morgan fingerprint density at radius 2 is 0.705 bits per heavy atom. The molecule has 27 heteroatoms. The summed E-state index contributed by atoms with van der Waals surface area (Å²) < 4.78 is 2.36. The van der Waals surface area contributed by atoms with Crippen LogP contribution in [-0.4, -0.2) is 139 Å². The Kier molecular flexibility index (Phi) is 18.1. The number of thiazole rings is 3. The molecule has 0 saturated heterocycles. The molecule has 6 amide bonds. The summed E-state index contributed by atoms with van der Waals surface area (Å²) in [6, 6.07) is 11.3. The number of nitrogens with one attached hydrogen (secondary N) is 6. The number of benzene rings is 3. The summed E-state index contributed by atoms with van der Waals surface area (Å²) in [7, 11) is 0. The highest BCUT2D eigenvalue weighted by atomic mass is 32.2. The van der Waals surface area contributed by atoms with Crippen LogP contribution in [0, 0.1) is 0 Å². The monoisotopic (exact) mass is 1170 g/mol. The molecule has 3 aromatic heterocycles. The van der Waals surface area contributed by atoms with Crippen molar-refractivity contribution >= 4 is 168 Å². The zero-order chi connectivity index (χ0) is 54.3. The Morgan fingerprint density at radius 1 is 0.410 bits per heavy atom. The van der Waals surface area contributed by atoms with Crippen molar-refractivity contribution in [3.05, 3.63) is 69.6 Å². The maximum atomic E-state index is 13.9. The summed E-state index contributed by atoms with van der Waals surface area (Å²) in [6.45, 7) is 1.32. The molecule has 408 valence electrons. The first-order chi connectivity index (χ1) is 37.9. The van der Waals surface area contributed by atoms with E-state index in [-0.39, 0.29) is 35.4 Å². The van der Waals surface area contributed by atoms with E-state index in [1.807, 2.05) is 18.2 Å². The van der Waals surface area contributed by atoms with Crippen LogP contribution in [0.15, 0.2) is 69.6 Å². The van der Waals surface area contributed by atoms with Crippen molar-refractivity contribution in [2.45, 2.75) is 94.0 Å². The van der Waals surface area contributed by atoms with Crippen LogP contribution in [-0.2, 0) is 28.8 Å². The molecular weight excluding hydrogens is 1110 g/mol. The molecule has 4 aliphatic rings. The highest BCUT2D eigenvalue weighted by molar-refractivity contribution is 8.15. The lowest BCUT2D eigenvalue weighted by molar-refractivity contribution is -0.127. The van der Waals surface area contributed by atoms with E-state index >= 15 is 0 Å². The third-order valence-electron chi connectivity index (χ3n) is 13.1. The fourth-order valence-electron chi connectivity index (χ4n) is 8.93. The van der Waals surface area contributed by atoms with Crippen LogP contribution in [0.4, 0.5) is 17.1 Å². The van der Waals surface area contributed by atoms with Gasteiger partial charge in [-0.05, 0) is 132 Å². The minimum Gasteiger partial charge on any atom is -0.342 e. The van der Waals surface area contributed by atoms with Crippen LogP contribution in [0.5, 0.6) is 0 Å². The molecule has 0 fully saturated rings. The topological polar surface area (TPSA) is 328 Å². The highest BCUT2D eigenvalue weighted by Gasteiger charge is 2.34. The Balaban J connectivity index is 0.927. The number of aliphatic imine (C=N–C) groups is 3. The minimum atomic E-state index is -0.866. The molecule has 7 heterocycles. The predicted molar refractivity (Wildman–Crippen MR) is 318 cm³/mol. The second-order valence-corrected chi connectivity index (χ2v) is 25.0. The van der Waals surface area contributed by atoms with Gasteiger partial charge in [0.25, 0.3) is 0 Å². The first-order valence-corrected chi connectivity index (χ1v) is 31.1. The summed E-state index contributed by atoms with van der Waals surface area (Å²) in [6.07, 6.45) is 4.92. The lowest BCUT2D eigenvalue weighted by atomic mass is 10.1. The number of nitrogens with zero attached hydrogens (tertiary/aromatic N) is 6. The molecule has 78 heavy (non-hydrogen) atoms. The number of carbonyl (C=O) groups is 6. The van der Waals surface area contributed by atoms with E-state index in [4.69, 9.17) is 47.1 Å². The fraction of sp³-hybridized carbons (Fsp3) is 0.412. The second-order valence-electron chi connectivity index (χ2n) is 18.9. The largest absolute Gasteiger partial charge is 0.342 e. The first-order valence-electron chi connectivity index (χ1n) is 25.7. The number of nitrogens with two attached hydrogens (primary N) is 3. The quantitative estimate of drug-likeness (QED) is 0.0714. The van der Waals surface area contributed by atoms with Crippen LogP contribution >= 0.6 is 69.3 Å². The first kappa shape index (κ1) is 55.4. The highest BCUT2D eigenvalue weighted by Crippen LogP contribution is 2.35. The van der Waals surface area contributed by atoms with Crippen LogP contribution in [0.2, 0.25) is 0 Å². The number of rotatable bonds is 12. The number of anilines is 3. The van der Waals surface area contributed by atoms with Gasteiger partial charge in [-0.1, -0.05) is 0 Å². The molecule has 12 N–H and O–H groups in total. The van der Waals surface area contributed by atoms with Gasteiger partial charge in [-0.25, -0.2) is 15.0 Å². The van der Waals surface area contributed by atoms with Crippen LogP contribution in [0.25, 0.3) is 30.6 Å². The maximum Gasteiger partial charge on any atom is 0.246 e. The molecule has 3 aromatic carbocycles. The van der Waals surface area contributed by atoms with E-state index in [1.165, 1.54) is 69.3 Å². The molecule has 0 spiro atoms. The van der Waals surface area contributed by atoms with Crippen molar-refractivity contribution in [2.75, 3.05) is 52.8 Å². The molecule has 0 saturated carbocycles. The summed E-state index contributed by atoms with van der Waals surface area (Å²) in [5.74, 6) is -1.25. The molecule has 6 aromatic rings. The van der Waals surface area contributed by atoms with Gasteiger partial charge in [-0.2, -0.15) is 0 Å². The predicted octanol–water partition coefficient (Wildman–Crippen LogP) is 5.17. The number of thioether (sulfide) groups is 3. The Labute approximate surface area is 472 Å². The number of unbranched alkanes of at least 4 members (excludes halogenated alkanes) is 3. The molecule has 21 nitrogen and oxygen atoms in total. The molecule has 15 bridgehead atoms. The van der Waals surface area contributed by atoms with E-state index < -0.39 is 36.3 Å². The van der Waals surface area contributed by atoms with Gasteiger partial charge in [0, 0.05) is 34.3 Å². The molecule has 6 atom stereocenters. The summed E-state index contributed by atoms with van der Waals surface area (Å²) in [4.78, 5) is 112. The Bertz CT molecular complexity index is 3030. The Hall–Kier alpha value is -5.91. The number of fused-ring (bicyclic) bond motifs is 12. The van der Waals surface area contributed by atoms with E-state index in [0.29, 0.717) is 158 Å². The summed E-state index contributed by atoms with van der Waals surface area (Å²) in [5, 5.41) is 21.5. The van der Waals surface area contributed by atoms with Gasteiger partial charge in [0.1, 0.15) is 66.4 Å². The van der Waals surface area contributed by atoms with Gasteiger partial charge >= 0.3 is 0 Å². The molecule has 0 unspecified atom stereocenters. The van der Waals surface area contributed by atoms with E-state index in [1.54, 1.807) is 36.4 Å². The standard InChI is InChI=1S/C51H57N15O6S6/c52-16-4-1-7-31-40(67)55-25-10-13-28-37(19-25)76-50(61-28)47-65-35(23-74-47)44(71)59-33(9-3-6-18-54)42(69)57-27-12-15-30-39(21-27)78-51(63-30)48-66-36(24-75-48)45(72)60-32(8-2-5-17-53)41(68)56-26-11-14-29-38(20-26)77-49(62-29)46-64-34(22-73-46)43(70)58-31/h10-15,19-21,31-36H,1-9,16-18,22-24,52-54H2,(H,55,67)(H,56,68)(H,57,69)(H,58,70)(H,59,71)(H,60,72)/t31-,32-,33-,34-,35-,36-/m0/s1. The van der Waals surface area contributed by atoms with Gasteiger partial charge in [0.05, 0.1) is 30.6 Å². The van der Waals surface area contributed by atoms with Crippen LogP contribution < -0.4 is 49.1 Å². The molecule has 4 aliphatic heterocycles. The summed E-state index contributed by atoms with van der Waals surface area (Å²) in [5.41, 5.74) is 21.0. The maximum absolute atomic E-state index is 13.9. The summed E-state index contributed by atoms with van der Waals surface area (Å²) >= 11 is 8.36. The zero-order valence-electron chi connectivity index (χ0n) is 42.1. The van der Waals surface area contributed by atoms with E-state index in [0.717, 1.165) is 14.1 Å². The van der Waals surface area contributed by atoms with Crippen LogP contribution in [0.1, 0.15) is 72.8 Å². The number of aromatic nitrogens is 3. The lowest BCUT2D eigenvalue weighted by Crippen LogP contribution is -2.47. The average molecular weight is 1170 g/mol. The van der Waals surface area contributed by atoms with Crippen molar-refractivity contribution < 1.29 is 28.8 Å². The van der Waals surface area contributed by atoms with E-state index in [9.17, 15) is 28.8 Å². The van der Waals surface area contributed by atoms with Crippen molar-refractivity contribution in [3.63, 3.8) is 0 Å². The average Bonchev–Trinajstić information content (AvgIpc) is 4.34. The van der Waals surface area contributed by atoms with Gasteiger partial charge in [0.15, 0.2) is 0 Å². The third-order valence-corrected chi connectivity index (χ3v) is 19.7. The van der Waals surface area contributed by atoms with E-state index in [2.05, 4.69) is 31.9 Å². The van der Waals surface area contributed by atoms with Crippen molar-refractivity contribution in [2.24, 2.45) is 32.2 Å². The molecule has 10 rings (SSSR count). The minimum absolute atomic E-state index is 0.355. The van der Waals surface area contributed by atoms with Crippen LogP contribution in [0.3, 0.4) is 0 Å². The van der Waals surface area contributed by atoms with Crippen molar-refractivity contribution in [3.8, 4) is 0 Å². The van der Waals surface area contributed by atoms with Gasteiger partial charge in [-0.3, -0.25) is 43.7 Å². The lowest BCUT2D eigenvalue weighted by Gasteiger charge is -2.19. The number of hydrogen-bond acceptors (Lipinski definition) is 21. The molecule has 0 radical (unpaired) electrons. The second kappa shape index (κ2) is 25.5. The molecular formula is C51H57N15O6S6. The number of carbonyl (C=O) groups excluding carboxylic acids is 6. The smallest absolute Gasteiger partial charge is 0.246 e. The van der Waals surface area contributed by atoms with Gasteiger partial charge in [-0.15, -0.1) is 69.3 Å². The SMILES string of the molecule is NCCCC[C@@H]1NC(=O)[C@@H]2CSC(=N2)c2nc3ccc(cc3s2)NC(=O)[C@H](CCCCN)NC(=O)[C@@H]2CSC(=N2)c2nc3ccc(cc3s2)NC(=O)[C@H](CCCCN)NC(=O)[C@@H]2CSC(=N2)c2nc3ccc(cc3s2)NC1=O. The van der Waals surface area contributed by atoms with Crippen molar-refractivity contribution in [1.29, 1.82) is 0 Å². The molecule has 0 aliphatic carbocycles. The Morgan fingerprint density at radius 3 is 0.987 bits per heavy atom. The van der Waals surface area contributed by atoms with Crippen molar-refractivity contribution in [1.82, 2.24) is 30.9 Å². The van der Waals surface area contributed by atoms with Gasteiger partial charge < -0.3 is 49.1 Å². The van der Waals surface area contributed by atoms with Gasteiger partial charge in [0.2, 0.25) is 35.4 Å².